The molecule has 4 aromatic rings. The van der Waals surface area contributed by atoms with E-state index in [0.717, 1.165) is 39.1 Å². The summed E-state index contributed by atoms with van der Waals surface area (Å²) in [5, 5.41) is 10.7. The largest absolute Gasteiger partial charge is 0.494 e. The van der Waals surface area contributed by atoms with Crippen LogP contribution in [-0.4, -0.2) is 29.9 Å². The summed E-state index contributed by atoms with van der Waals surface area (Å²) in [6, 6.07) is 21.1. The van der Waals surface area contributed by atoms with Crippen molar-refractivity contribution in [2.75, 3.05) is 19.8 Å². The maximum Gasteiger partial charge on any atom is 0.146 e. The molecule has 0 atom stereocenters. The third-order valence-corrected chi connectivity index (χ3v) is 4.30. The molecule has 0 aliphatic carbocycles. The van der Waals surface area contributed by atoms with E-state index in [1.165, 1.54) is 0 Å². The molecule has 5 heteroatoms. The van der Waals surface area contributed by atoms with E-state index >= 15 is 0 Å². The molecule has 0 amide bonds. The van der Waals surface area contributed by atoms with Gasteiger partial charge in [-0.2, -0.15) is 0 Å². The first-order valence-corrected chi connectivity index (χ1v) is 9.25. The first kappa shape index (κ1) is 18.1. The zero-order valence-electron chi connectivity index (χ0n) is 15.6. The molecule has 1 aromatic heterocycles. The van der Waals surface area contributed by atoms with Gasteiger partial charge in [-0.25, -0.2) is 4.98 Å². The number of pyridine rings is 1. The summed E-state index contributed by atoms with van der Waals surface area (Å²) in [7, 11) is 0. The number of para-hydroxylation sites is 1. The van der Waals surface area contributed by atoms with Gasteiger partial charge in [0.1, 0.15) is 29.6 Å². The number of fused-ring (bicyclic) bond motifs is 2. The zero-order valence-corrected chi connectivity index (χ0v) is 15.6. The number of aliphatic hydroxyl groups excluding tert-OH is 1. The lowest BCUT2D eigenvalue weighted by Gasteiger charge is -2.14. The van der Waals surface area contributed by atoms with Crippen molar-refractivity contribution in [1.82, 2.24) is 4.98 Å². The Hall–Kier alpha value is -3.31. The van der Waals surface area contributed by atoms with Gasteiger partial charge in [0.15, 0.2) is 0 Å². The SMILES string of the molecule is CCOc1ccc2nc3cc(OCCO)ccc3c(Oc3ccccc3)c2c1. The Morgan fingerprint density at radius 1 is 0.786 bits per heavy atom. The van der Waals surface area contributed by atoms with Crippen LogP contribution in [0.25, 0.3) is 21.8 Å². The summed E-state index contributed by atoms with van der Waals surface area (Å²) in [6.45, 7) is 2.75. The number of aliphatic hydroxyl groups is 1. The van der Waals surface area contributed by atoms with Crippen LogP contribution in [0.5, 0.6) is 23.0 Å². The van der Waals surface area contributed by atoms with Crippen LogP contribution in [0.15, 0.2) is 66.7 Å². The van der Waals surface area contributed by atoms with Crippen molar-refractivity contribution in [3.63, 3.8) is 0 Å². The van der Waals surface area contributed by atoms with Crippen LogP contribution in [0.4, 0.5) is 0 Å². The van der Waals surface area contributed by atoms with Gasteiger partial charge in [0.2, 0.25) is 0 Å². The van der Waals surface area contributed by atoms with E-state index in [4.69, 9.17) is 24.3 Å². The Morgan fingerprint density at radius 3 is 2.36 bits per heavy atom. The number of aromatic nitrogens is 1. The Bertz CT molecular complexity index is 1100. The molecular formula is C23H21NO4. The molecule has 3 aromatic carbocycles. The van der Waals surface area contributed by atoms with Gasteiger partial charge in [-0.3, -0.25) is 0 Å². The molecule has 0 radical (unpaired) electrons. The van der Waals surface area contributed by atoms with Crippen LogP contribution in [0.2, 0.25) is 0 Å². The topological polar surface area (TPSA) is 60.8 Å². The van der Waals surface area contributed by atoms with Gasteiger partial charge in [0.05, 0.1) is 24.2 Å². The van der Waals surface area contributed by atoms with Crippen molar-refractivity contribution >= 4 is 21.8 Å². The molecule has 0 unspecified atom stereocenters. The standard InChI is InChI=1S/C23H21NO4/c1-2-26-17-9-11-21-20(14-17)23(28-16-6-4-3-5-7-16)19-10-8-18(27-13-12-25)15-22(19)24-21/h3-11,14-15,25H,2,12-13H2,1H3. The number of hydrogen-bond donors (Lipinski definition) is 1. The first-order chi connectivity index (χ1) is 13.8. The monoisotopic (exact) mass is 375 g/mol. The van der Waals surface area contributed by atoms with Gasteiger partial charge in [0.25, 0.3) is 0 Å². The van der Waals surface area contributed by atoms with Crippen molar-refractivity contribution in [1.29, 1.82) is 0 Å². The molecule has 0 aliphatic rings. The van der Waals surface area contributed by atoms with E-state index in [1.54, 1.807) is 0 Å². The lowest BCUT2D eigenvalue weighted by Crippen LogP contribution is -2.01. The average molecular weight is 375 g/mol. The molecule has 0 aliphatic heterocycles. The lowest BCUT2D eigenvalue weighted by atomic mass is 10.1. The van der Waals surface area contributed by atoms with Crippen LogP contribution in [-0.2, 0) is 0 Å². The molecule has 0 bridgehead atoms. The molecular weight excluding hydrogens is 354 g/mol. The van der Waals surface area contributed by atoms with Crippen molar-refractivity contribution in [3.05, 3.63) is 66.7 Å². The highest BCUT2D eigenvalue weighted by molar-refractivity contribution is 6.02. The van der Waals surface area contributed by atoms with Crippen LogP contribution >= 0.6 is 0 Å². The molecule has 5 nitrogen and oxygen atoms in total. The Morgan fingerprint density at radius 2 is 1.57 bits per heavy atom. The van der Waals surface area contributed by atoms with Gasteiger partial charge < -0.3 is 19.3 Å². The summed E-state index contributed by atoms with van der Waals surface area (Å²) >= 11 is 0. The minimum atomic E-state index is -0.0360. The summed E-state index contributed by atoms with van der Waals surface area (Å²) in [6.07, 6.45) is 0. The fourth-order valence-corrected chi connectivity index (χ4v) is 3.09. The summed E-state index contributed by atoms with van der Waals surface area (Å²) in [5.41, 5.74) is 1.57. The zero-order chi connectivity index (χ0) is 19.3. The fraction of sp³-hybridized carbons (Fsp3) is 0.174. The third-order valence-electron chi connectivity index (χ3n) is 4.30. The third kappa shape index (κ3) is 3.70. The second-order valence-corrected chi connectivity index (χ2v) is 6.22. The van der Waals surface area contributed by atoms with Crippen LogP contribution in [0, 0.1) is 0 Å². The molecule has 1 N–H and O–H groups in total. The van der Waals surface area contributed by atoms with Crippen LogP contribution in [0.1, 0.15) is 6.92 Å². The first-order valence-electron chi connectivity index (χ1n) is 9.25. The minimum absolute atomic E-state index is 0.0360. The maximum absolute atomic E-state index is 8.99. The Kier molecular flexibility index (Phi) is 5.26. The molecule has 0 saturated carbocycles. The Balaban J connectivity index is 1.90. The molecule has 0 saturated heterocycles. The molecule has 0 fully saturated rings. The second kappa shape index (κ2) is 8.15. The minimum Gasteiger partial charge on any atom is -0.494 e. The number of nitrogens with zero attached hydrogens (tertiary/aromatic N) is 1. The van der Waals surface area contributed by atoms with Crippen molar-refractivity contribution in [3.8, 4) is 23.0 Å². The summed E-state index contributed by atoms with van der Waals surface area (Å²) in [5.74, 6) is 2.90. The second-order valence-electron chi connectivity index (χ2n) is 6.22. The lowest BCUT2D eigenvalue weighted by molar-refractivity contribution is 0.201. The predicted octanol–water partition coefficient (Wildman–Crippen LogP) is 4.95. The highest BCUT2D eigenvalue weighted by Gasteiger charge is 2.13. The van der Waals surface area contributed by atoms with E-state index in [9.17, 15) is 0 Å². The van der Waals surface area contributed by atoms with Gasteiger partial charge in [-0.15, -0.1) is 0 Å². The quantitative estimate of drug-likeness (QED) is 0.463. The van der Waals surface area contributed by atoms with Crippen LogP contribution < -0.4 is 14.2 Å². The summed E-state index contributed by atoms with van der Waals surface area (Å²) < 4.78 is 17.5. The van der Waals surface area contributed by atoms with Gasteiger partial charge in [-0.05, 0) is 49.4 Å². The van der Waals surface area contributed by atoms with E-state index in [2.05, 4.69) is 0 Å². The van der Waals surface area contributed by atoms with E-state index in [1.807, 2.05) is 73.7 Å². The van der Waals surface area contributed by atoms with Crippen molar-refractivity contribution in [2.24, 2.45) is 0 Å². The predicted molar refractivity (Wildman–Crippen MR) is 110 cm³/mol. The van der Waals surface area contributed by atoms with Crippen LogP contribution in [0.3, 0.4) is 0 Å². The van der Waals surface area contributed by atoms with Crippen molar-refractivity contribution in [2.45, 2.75) is 6.92 Å². The molecule has 4 rings (SSSR count). The smallest absolute Gasteiger partial charge is 0.146 e. The van der Waals surface area contributed by atoms with E-state index < -0.39 is 0 Å². The molecule has 28 heavy (non-hydrogen) atoms. The summed E-state index contributed by atoms with van der Waals surface area (Å²) in [4.78, 5) is 4.77. The Labute approximate surface area is 163 Å². The highest BCUT2D eigenvalue weighted by Crippen LogP contribution is 2.38. The number of benzene rings is 3. The molecule has 0 spiro atoms. The van der Waals surface area contributed by atoms with Gasteiger partial charge in [-0.1, -0.05) is 18.2 Å². The fourth-order valence-electron chi connectivity index (χ4n) is 3.09. The number of ether oxygens (including phenoxy) is 3. The van der Waals surface area contributed by atoms with E-state index in [0.29, 0.717) is 12.4 Å². The maximum atomic E-state index is 8.99. The van der Waals surface area contributed by atoms with E-state index in [-0.39, 0.29) is 13.2 Å². The van der Waals surface area contributed by atoms with Gasteiger partial charge in [0, 0.05) is 16.8 Å². The number of rotatable bonds is 7. The number of hydrogen-bond acceptors (Lipinski definition) is 5. The van der Waals surface area contributed by atoms with Crippen molar-refractivity contribution < 1.29 is 19.3 Å². The van der Waals surface area contributed by atoms with Gasteiger partial charge >= 0.3 is 0 Å². The average Bonchev–Trinajstić information content (AvgIpc) is 2.73. The highest BCUT2D eigenvalue weighted by atomic mass is 16.5. The molecule has 142 valence electrons. The molecule has 1 heterocycles. The normalized spacial score (nSPS) is 10.9.